The Kier molecular flexibility index (Phi) is 5.42. The first-order valence-electron chi connectivity index (χ1n) is 6.31. The number of halogens is 2. The van der Waals surface area contributed by atoms with Gasteiger partial charge in [0.2, 0.25) is 0 Å². The largest absolute Gasteiger partial charge is 0.388 e. The van der Waals surface area contributed by atoms with Crippen molar-refractivity contribution in [3.05, 3.63) is 67.2 Å². The molecular formula is C16H16BrIO. The molecule has 1 atom stereocenters. The van der Waals surface area contributed by atoms with E-state index in [1.54, 1.807) is 0 Å². The average Bonchev–Trinajstić information content (AvgIpc) is 2.42. The standard InChI is InChI=1S/C16H16BrIO/c1-2-11-3-5-12(6-4-11)9-16(19)14-10-13(18)7-8-15(14)17/h3-8,10,16,19H,2,9H2,1H3. The van der Waals surface area contributed by atoms with Crippen LogP contribution in [0.1, 0.15) is 29.7 Å². The van der Waals surface area contributed by atoms with Crippen LogP contribution < -0.4 is 0 Å². The van der Waals surface area contributed by atoms with Gasteiger partial charge in [0.25, 0.3) is 0 Å². The smallest absolute Gasteiger partial charge is 0.0841 e. The molecule has 0 bridgehead atoms. The van der Waals surface area contributed by atoms with E-state index in [9.17, 15) is 5.11 Å². The molecule has 3 heteroatoms. The lowest BCUT2D eigenvalue weighted by atomic mass is 10.0. The highest BCUT2D eigenvalue weighted by molar-refractivity contribution is 14.1. The van der Waals surface area contributed by atoms with E-state index >= 15 is 0 Å². The van der Waals surface area contributed by atoms with Crippen molar-refractivity contribution in [3.63, 3.8) is 0 Å². The lowest BCUT2D eigenvalue weighted by molar-refractivity contribution is 0.177. The Hall–Kier alpha value is -0.390. The first kappa shape index (κ1) is 15.0. The molecule has 0 fully saturated rings. The maximum atomic E-state index is 10.4. The quantitative estimate of drug-likeness (QED) is 0.684. The summed E-state index contributed by atoms with van der Waals surface area (Å²) in [6.45, 7) is 2.15. The van der Waals surface area contributed by atoms with Crippen LogP contribution in [0.5, 0.6) is 0 Å². The van der Waals surface area contributed by atoms with Crippen molar-refractivity contribution in [2.75, 3.05) is 0 Å². The zero-order valence-electron chi connectivity index (χ0n) is 10.7. The summed E-state index contributed by atoms with van der Waals surface area (Å²) in [5.74, 6) is 0. The Bertz CT molecular complexity index is 551. The summed E-state index contributed by atoms with van der Waals surface area (Å²) in [6.07, 6.45) is 1.21. The van der Waals surface area contributed by atoms with Crippen LogP contribution in [0.3, 0.4) is 0 Å². The van der Waals surface area contributed by atoms with Crippen molar-refractivity contribution in [3.8, 4) is 0 Å². The number of rotatable bonds is 4. The second kappa shape index (κ2) is 6.86. The van der Waals surface area contributed by atoms with E-state index in [1.165, 1.54) is 5.56 Å². The molecule has 0 aliphatic carbocycles. The topological polar surface area (TPSA) is 20.2 Å². The summed E-state index contributed by atoms with van der Waals surface area (Å²) >= 11 is 5.77. The molecule has 0 saturated carbocycles. The zero-order chi connectivity index (χ0) is 13.8. The highest BCUT2D eigenvalue weighted by Crippen LogP contribution is 2.27. The van der Waals surface area contributed by atoms with Crippen molar-refractivity contribution in [1.82, 2.24) is 0 Å². The molecule has 0 spiro atoms. The van der Waals surface area contributed by atoms with Gasteiger partial charge in [-0.25, -0.2) is 0 Å². The van der Waals surface area contributed by atoms with Crippen LogP contribution in [0, 0.1) is 3.57 Å². The number of benzene rings is 2. The van der Waals surface area contributed by atoms with Gasteiger partial charge < -0.3 is 5.11 Å². The number of hydrogen-bond donors (Lipinski definition) is 1. The molecule has 2 rings (SSSR count). The molecule has 1 unspecified atom stereocenters. The Morgan fingerprint density at radius 2 is 1.74 bits per heavy atom. The summed E-state index contributed by atoms with van der Waals surface area (Å²) in [6, 6.07) is 14.5. The number of aliphatic hydroxyl groups excluding tert-OH is 1. The first-order chi connectivity index (χ1) is 9.10. The molecule has 0 heterocycles. The van der Waals surface area contributed by atoms with Gasteiger partial charge in [0, 0.05) is 14.5 Å². The number of hydrogen-bond acceptors (Lipinski definition) is 1. The lowest BCUT2D eigenvalue weighted by Crippen LogP contribution is -2.03. The van der Waals surface area contributed by atoms with Crippen molar-refractivity contribution >= 4 is 38.5 Å². The molecule has 19 heavy (non-hydrogen) atoms. The summed E-state index contributed by atoms with van der Waals surface area (Å²) in [4.78, 5) is 0. The first-order valence-corrected chi connectivity index (χ1v) is 8.18. The van der Waals surface area contributed by atoms with Gasteiger partial charge >= 0.3 is 0 Å². The summed E-state index contributed by atoms with van der Waals surface area (Å²) in [5, 5.41) is 10.4. The Balaban J connectivity index is 2.15. The summed E-state index contributed by atoms with van der Waals surface area (Å²) in [7, 11) is 0. The second-order valence-corrected chi connectivity index (χ2v) is 6.66. The van der Waals surface area contributed by atoms with E-state index in [-0.39, 0.29) is 0 Å². The average molecular weight is 431 g/mol. The monoisotopic (exact) mass is 430 g/mol. The maximum Gasteiger partial charge on any atom is 0.0841 e. The van der Waals surface area contributed by atoms with Gasteiger partial charge in [-0.05, 0) is 63.9 Å². The predicted octanol–water partition coefficient (Wildman–Crippen LogP) is 4.89. The minimum Gasteiger partial charge on any atom is -0.388 e. The zero-order valence-corrected chi connectivity index (χ0v) is 14.5. The molecule has 0 radical (unpaired) electrons. The molecule has 1 nitrogen and oxygen atoms in total. The second-order valence-electron chi connectivity index (χ2n) is 4.56. The van der Waals surface area contributed by atoms with Crippen LogP contribution in [0.2, 0.25) is 0 Å². The normalized spacial score (nSPS) is 12.4. The molecular weight excluding hydrogens is 415 g/mol. The van der Waals surface area contributed by atoms with Gasteiger partial charge in [-0.15, -0.1) is 0 Å². The number of aryl methyl sites for hydroxylation is 1. The number of aliphatic hydroxyl groups is 1. The molecule has 0 aromatic heterocycles. The molecule has 0 aliphatic heterocycles. The molecule has 1 N–H and O–H groups in total. The maximum absolute atomic E-state index is 10.4. The minimum absolute atomic E-state index is 0.475. The van der Waals surface area contributed by atoms with Crippen molar-refractivity contribution in [2.24, 2.45) is 0 Å². The predicted molar refractivity (Wildman–Crippen MR) is 91.3 cm³/mol. The fourth-order valence-corrected chi connectivity index (χ4v) is 3.04. The van der Waals surface area contributed by atoms with Gasteiger partial charge in [0.1, 0.15) is 0 Å². The lowest BCUT2D eigenvalue weighted by Gasteiger charge is -2.14. The van der Waals surface area contributed by atoms with E-state index in [4.69, 9.17) is 0 Å². The summed E-state index contributed by atoms with van der Waals surface area (Å²) < 4.78 is 2.10. The van der Waals surface area contributed by atoms with Crippen LogP contribution in [0.15, 0.2) is 46.9 Å². The Morgan fingerprint density at radius 3 is 2.37 bits per heavy atom. The van der Waals surface area contributed by atoms with Crippen LogP contribution in [0.4, 0.5) is 0 Å². The molecule has 0 amide bonds. The highest BCUT2D eigenvalue weighted by Gasteiger charge is 2.12. The van der Waals surface area contributed by atoms with Crippen LogP contribution in [-0.2, 0) is 12.8 Å². The van der Waals surface area contributed by atoms with E-state index in [0.717, 1.165) is 25.6 Å². The molecule has 2 aromatic carbocycles. The SMILES string of the molecule is CCc1ccc(CC(O)c2cc(I)ccc2Br)cc1. The molecule has 100 valence electrons. The fourth-order valence-electron chi connectivity index (χ4n) is 2.01. The van der Waals surface area contributed by atoms with Crippen molar-refractivity contribution in [1.29, 1.82) is 0 Å². The van der Waals surface area contributed by atoms with Gasteiger partial charge in [0.05, 0.1) is 6.10 Å². The van der Waals surface area contributed by atoms with Crippen molar-refractivity contribution in [2.45, 2.75) is 25.9 Å². The Morgan fingerprint density at radius 1 is 1.11 bits per heavy atom. The van der Waals surface area contributed by atoms with Gasteiger partial charge in [-0.1, -0.05) is 47.1 Å². The van der Waals surface area contributed by atoms with Crippen molar-refractivity contribution < 1.29 is 5.11 Å². The van der Waals surface area contributed by atoms with Gasteiger partial charge in [-0.3, -0.25) is 0 Å². The fraction of sp³-hybridized carbons (Fsp3) is 0.250. The van der Waals surface area contributed by atoms with Gasteiger partial charge in [0.15, 0.2) is 0 Å². The molecule has 2 aromatic rings. The van der Waals surface area contributed by atoms with E-state index in [1.807, 2.05) is 18.2 Å². The van der Waals surface area contributed by atoms with E-state index in [0.29, 0.717) is 6.42 Å². The molecule has 0 saturated heterocycles. The van der Waals surface area contributed by atoms with Crippen LogP contribution in [-0.4, -0.2) is 5.11 Å². The van der Waals surface area contributed by atoms with Crippen LogP contribution in [0.25, 0.3) is 0 Å². The summed E-state index contributed by atoms with van der Waals surface area (Å²) in [5.41, 5.74) is 3.44. The molecule has 0 aliphatic rings. The third-order valence-corrected chi connectivity index (χ3v) is 4.57. The highest BCUT2D eigenvalue weighted by atomic mass is 127. The van der Waals surface area contributed by atoms with E-state index in [2.05, 4.69) is 69.7 Å². The van der Waals surface area contributed by atoms with Gasteiger partial charge in [-0.2, -0.15) is 0 Å². The third kappa shape index (κ3) is 4.04. The van der Waals surface area contributed by atoms with E-state index < -0.39 is 6.10 Å². The minimum atomic E-state index is -0.475. The van der Waals surface area contributed by atoms with Crippen LogP contribution >= 0.6 is 38.5 Å². The Labute approximate surface area is 136 Å². The third-order valence-electron chi connectivity index (χ3n) is 3.18.